The first-order chi connectivity index (χ1) is 14.6. The standard InChI is InChI=1S/C25H24N4O/c1-3-23(30)10-7-18-5-4-6-21(15-18)28-25-26-12-11-24(29-25)27-22-9-8-19-13-17(2)14-20(19)16-22/h4-12,14-16H,3,13H2,1-2H3,(H2,26,27,28,29)/b10-7+. The summed E-state index contributed by atoms with van der Waals surface area (Å²) in [6, 6.07) is 16.0. The number of rotatable bonds is 7. The average molecular weight is 396 g/mol. The van der Waals surface area contributed by atoms with Gasteiger partial charge in [-0.05, 0) is 66.4 Å². The number of hydrogen-bond acceptors (Lipinski definition) is 5. The second kappa shape index (κ2) is 8.74. The van der Waals surface area contributed by atoms with E-state index >= 15 is 0 Å². The summed E-state index contributed by atoms with van der Waals surface area (Å²) in [4.78, 5) is 20.4. The fourth-order valence-corrected chi connectivity index (χ4v) is 3.38. The maximum absolute atomic E-state index is 11.5. The fraction of sp³-hybridized carbons (Fsp3) is 0.160. The minimum Gasteiger partial charge on any atom is -0.340 e. The molecule has 2 aromatic carbocycles. The number of ketones is 1. The Labute approximate surface area is 176 Å². The van der Waals surface area contributed by atoms with Crippen LogP contribution in [0.25, 0.3) is 12.2 Å². The van der Waals surface area contributed by atoms with E-state index in [1.165, 1.54) is 16.7 Å². The topological polar surface area (TPSA) is 66.9 Å². The predicted molar refractivity (Wildman–Crippen MR) is 123 cm³/mol. The lowest BCUT2D eigenvalue weighted by atomic mass is 10.1. The largest absolute Gasteiger partial charge is 0.340 e. The number of benzene rings is 2. The summed E-state index contributed by atoms with van der Waals surface area (Å²) in [5, 5.41) is 6.59. The van der Waals surface area contributed by atoms with Crippen LogP contribution < -0.4 is 10.6 Å². The van der Waals surface area contributed by atoms with Crippen LogP contribution in [-0.4, -0.2) is 15.8 Å². The number of nitrogens with one attached hydrogen (secondary N) is 2. The molecule has 0 spiro atoms. The zero-order chi connectivity index (χ0) is 20.9. The number of allylic oxidation sites excluding steroid dienone is 2. The Morgan fingerprint density at radius 2 is 1.97 bits per heavy atom. The number of aromatic nitrogens is 2. The molecule has 1 aliphatic carbocycles. The van der Waals surface area contributed by atoms with Crippen molar-refractivity contribution in [3.63, 3.8) is 0 Å². The number of hydrogen-bond donors (Lipinski definition) is 2. The van der Waals surface area contributed by atoms with Gasteiger partial charge in [0.2, 0.25) is 5.95 Å². The Balaban J connectivity index is 1.47. The first-order valence-corrected chi connectivity index (χ1v) is 10.1. The highest BCUT2D eigenvalue weighted by Gasteiger charge is 2.10. The summed E-state index contributed by atoms with van der Waals surface area (Å²) in [5.74, 6) is 1.33. The molecule has 30 heavy (non-hydrogen) atoms. The van der Waals surface area contributed by atoms with Crippen molar-refractivity contribution in [2.75, 3.05) is 10.6 Å². The van der Waals surface area contributed by atoms with Gasteiger partial charge in [0.1, 0.15) is 5.82 Å². The summed E-state index contributed by atoms with van der Waals surface area (Å²) < 4.78 is 0. The van der Waals surface area contributed by atoms with Gasteiger partial charge in [0, 0.05) is 24.0 Å². The van der Waals surface area contributed by atoms with Gasteiger partial charge in [0.05, 0.1) is 0 Å². The average Bonchev–Trinajstić information content (AvgIpc) is 3.12. The molecular formula is C25H24N4O. The molecule has 3 aromatic rings. The van der Waals surface area contributed by atoms with Crippen molar-refractivity contribution in [2.24, 2.45) is 0 Å². The van der Waals surface area contributed by atoms with Crippen LogP contribution in [0.15, 0.2) is 66.4 Å². The molecule has 0 amide bonds. The number of anilines is 4. The molecule has 0 bridgehead atoms. The lowest BCUT2D eigenvalue weighted by molar-refractivity contribution is -0.114. The van der Waals surface area contributed by atoms with Crippen LogP contribution >= 0.6 is 0 Å². The van der Waals surface area contributed by atoms with E-state index in [4.69, 9.17) is 0 Å². The summed E-state index contributed by atoms with van der Waals surface area (Å²) in [7, 11) is 0. The highest BCUT2D eigenvalue weighted by molar-refractivity contribution is 5.93. The molecule has 0 radical (unpaired) electrons. The second-order valence-corrected chi connectivity index (χ2v) is 7.38. The molecule has 2 N–H and O–H groups in total. The highest BCUT2D eigenvalue weighted by atomic mass is 16.1. The zero-order valence-electron chi connectivity index (χ0n) is 17.1. The zero-order valence-corrected chi connectivity index (χ0v) is 17.1. The minimum absolute atomic E-state index is 0.104. The monoisotopic (exact) mass is 396 g/mol. The summed E-state index contributed by atoms with van der Waals surface area (Å²) in [5.41, 5.74) is 6.80. The number of fused-ring (bicyclic) bond motifs is 1. The van der Waals surface area contributed by atoms with Crippen LogP contribution in [0.3, 0.4) is 0 Å². The van der Waals surface area contributed by atoms with E-state index in [1.54, 1.807) is 12.3 Å². The molecule has 0 aliphatic heterocycles. The van der Waals surface area contributed by atoms with Crippen LogP contribution in [0.1, 0.15) is 37.0 Å². The van der Waals surface area contributed by atoms with Gasteiger partial charge in [-0.25, -0.2) is 4.98 Å². The van der Waals surface area contributed by atoms with E-state index in [0.717, 1.165) is 29.2 Å². The summed E-state index contributed by atoms with van der Waals surface area (Å²) in [6.45, 7) is 4.01. The third-order valence-electron chi connectivity index (χ3n) is 4.90. The highest BCUT2D eigenvalue weighted by Crippen LogP contribution is 2.28. The van der Waals surface area contributed by atoms with Gasteiger partial charge in [-0.2, -0.15) is 4.98 Å². The van der Waals surface area contributed by atoms with Gasteiger partial charge in [-0.1, -0.05) is 42.8 Å². The Kier molecular flexibility index (Phi) is 5.70. The number of carbonyl (C=O) groups is 1. The molecule has 4 rings (SSSR count). The van der Waals surface area contributed by atoms with Gasteiger partial charge in [0.15, 0.2) is 5.78 Å². The molecule has 0 fully saturated rings. The van der Waals surface area contributed by atoms with Crippen LogP contribution in [0.4, 0.5) is 23.1 Å². The Bertz CT molecular complexity index is 1150. The van der Waals surface area contributed by atoms with Gasteiger partial charge >= 0.3 is 0 Å². The molecule has 0 saturated heterocycles. The Morgan fingerprint density at radius 1 is 1.10 bits per heavy atom. The maximum Gasteiger partial charge on any atom is 0.229 e. The molecule has 5 heteroatoms. The minimum atomic E-state index is 0.104. The van der Waals surface area contributed by atoms with Crippen LogP contribution in [-0.2, 0) is 11.2 Å². The molecule has 0 unspecified atom stereocenters. The van der Waals surface area contributed by atoms with Crippen molar-refractivity contribution in [2.45, 2.75) is 26.7 Å². The van der Waals surface area contributed by atoms with Crippen molar-refractivity contribution >= 4 is 41.1 Å². The molecule has 1 aromatic heterocycles. The molecule has 0 saturated carbocycles. The van der Waals surface area contributed by atoms with Crippen molar-refractivity contribution in [1.82, 2.24) is 9.97 Å². The van der Waals surface area contributed by atoms with Crippen LogP contribution in [0.5, 0.6) is 0 Å². The SMILES string of the molecule is CCC(=O)/C=C/c1cccc(Nc2nccc(Nc3ccc4c(c3)C=C(C)C4)n2)c1. The number of nitrogens with zero attached hydrogens (tertiary/aromatic N) is 2. The molecule has 150 valence electrons. The normalized spacial score (nSPS) is 12.5. The predicted octanol–water partition coefficient (Wildman–Crippen LogP) is 5.92. The van der Waals surface area contributed by atoms with Gasteiger partial charge in [-0.15, -0.1) is 0 Å². The molecule has 5 nitrogen and oxygen atoms in total. The van der Waals surface area contributed by atoms with E-state index in [9.17, 15) is 4.79 Å². The smallest absolute Gasteiger partial charge is 0.229 e. The van der Waals surface area contributed by atoms with Crippen molar-refractivity contribution < 1.29 is 4.79 Å². The van der Waals surface area contributed by atoms with Crippen molar-refractivity contribution in [3.8, 4) is 0 Å². The third kappa shape index (κ3) is 4.81. The molecular weight excluding hydrogens is 372 g/mol. The molecule has 1 aliphatic rings. The second-order valence-electron chi connectivity index (χ2n) is 7.38. The third-order valence-corrected chi connectivity index (χ3v) is 4.90. The Morgan fingerprint density at radius 3 is 2.83 bits per heavy atom. The summed E-state index contributed by atoms with van der Waals surface area (Å²) >= 11 is 0. The first kappa shape index (κ1) is 19.6. The maximum atomic E-state index is 11.5. The first-order valence-electron chi connectivity index (χ1n) is 10.1. The Hall–Kier alpha value is -3.73. The van der Waals surface area contributed by atoms with Crippen molar-refractivity contribution in [3.05, 3.63) is 83.1 Å². The van der Waals surface area contributed by atoms with Crippen LogP contribution in [0, 0.1) is 0 Å². The molecule has 1 heterocycles. The van der Waals surface area contributed by atoms with E-state index in [0.29, 0.717) is 12.4 Å². The van der Waals surface area contributed by atoms with Crippen molar-refractivity contribution in [1.29, 1.82) is 0 Å². The number of carbonyl (C=O) groups excluding carboxylic acids is 1. The quantitative estimate of drug-likeness (QED) is 0.486. The van der Waals surface area contributed by atoms with E-state index < -0.39 is 0 Å². The summed E-state index contributed by atoms with van der Waals surface area (Å²) in [6.07, 6.45) is 8.90. The molecule has 0 atom stereocenters. The van der Waals surface area contributed by atoms with Gasteiger partial charge < -0.3 is 10.6 Å². The lowest BCUT2D eigenvalue weighted by Gasteiger charge is -2.10. The van der Waals surface area contributed by atoms with Crippen LogP contribution in [0.2, 0.25) is 0 Å². The van der Waals surface area contributed by atoms with Gasteiger partial charge in [0.25, 0.3) is 0 Å². The fourth-order valence-electron chi connectivity index (χ4n) is 3.38. The lowest BCUT2D eigenvalue weighted by Crippen LogP contribution is -2.00. The van der Waals surface area contributed by atoms with E-state index in [2.05, 4.69) is 51.8 Å². The van der Waals surface area contributed by atoms with E-state index in [1.807, 2.05) is 43.3 Å². The van der Waals surface area contributed by atoms with Gasteiger partial charge in [-0.3, -0.25) is 4.79 Å². The van der Waals surface area contributed by atoms with E-state index in [-0.39, 0.29) is 5.78 Å².